The minimum absolute atomic E-state index is 0.0940. The minimum Gasteiger partial charge on any atom is -0.464 e. The Morgan fingerprint density at radius 1 is 1.11 bits per heavy atom. The summed E-state index contributed by atoms with van der Waals surface area (Å²) in [4.78, 5) is 26.4. The van der Waals surface area contributed by atoms with Crippen molar-refractivity contribution in [2.75, 3.05) is 13.2 Å². The van der Waals surface area contributed by atoms with E-state index in [1.165, 1.54) is 4.90 Å². The largest absolute Gasteiger partial charge is 0.464 e. The van der Waals surface area contributed by atoms with E-state index in [0.717, 1.165) is 5.56 Å². The van der Waals surface area contributed by atoms with Gasteiger partial charge in [0.1, 0.15) is 12.6 Å². The summed E-state index contributed by atoms with van der Waals surface area (Å²) >= 11 is 0. The molecule has 1 aliphatic heterocycles. The van der Waals surface area contributed by atoms with Crippen molar-refractivity contribution in [3.05, 3.63) is 35.9 Å². The van der Waals surface area contributed by atoms with Gasteiger partial charge in [-0.3, -0.25) is 4.90 Å². The van der Waals surface area contributed by atoms with Gasteiger partial charge < -0.3 is 9.47 Å². The Morgan fingerprint density at radius 2 is 1.78 bits per heavy atom. The fourth-order valence-corrected chi connectivity index (χ4v) is 4.01. The molecular formula is C20H25F2NO4. The molecule has 2 fully saturated rings. The maximum absolute atomic E-state index is 13.6. The average molecular weight is 381 g/mol. The topological polar surface area (TPSA) is 55.8 Å². The Bertz CT molecular complexity index is 670. The molecule has 1 aliphatic carbocycles. The van der Waals surface area contributed by atoms with Crippen molar-refractivity contribution >= 4 is 12.1 Å². The third-order valence-electron chi connectivity index (χ3n) is 5.55. The number of hydrogen-bond acceptors (Lipinski definition) is 4. The van der Waals surface area contributed by atoms with Gasteiger partial charge in [0.15, 0.2) is 0 Å². The van der Waals surface area contributed by atoms with Crippen LogP contribution >= 0.6 is 0 Å². The fraction of sp³-hybridized carbons (Fsp3) is 0.600. The van der Waals surface area contributed by atoms with Gasteiger partial charge in [-0.2, -0.15) is 0 Å². The molecule has 1 heterocycles. The standard InChI is InChI=1S/C20H25F2NO4/c1-2-26-17(24)16-12-19(8-10-20(21,22)11-9-19)14-23(16)18(25)27-13-15-6-4-3-5-7-15/h3-7,16H,2,8-14H2,1H3. The van der Waals surface area contributed by atoms with Crippen molar-refractivity contribution in [1.82, 2.24) is 4.90 Å². The lowest BCUT2D eigenvalue weighted by molar-refractivity contribution is -0.148. The van der Waals surface area contributed by atoms with E-state index in [9.17, 15) is 18.4 Å². The number of hydrogen-bond donors (Lipinski definition) is 0. The molecule has 0 N–H and O–H groups in total. The van der Waals surface area contributed by atoms with Crippen LogP contribution in [0.5, 0.6) is 0 Å². The Balaban J connectivity index is 1.70. The smallest absolute Gasteiger partial charge is 0.410 e. The third kappa shape index (κ3) is 4.57. The van der Waals surface area contributed by atoms with E-state index in [1.807, 2.05) is 30.3 Å². The molecule has 5 nitrogen and oxygen atoms in total. The maximum Gasteiger partial charge on any atom is 0.410 e. The molecule has 7 heteroatoms. The predicted octanol–water partition coefficient (Wildman–Crippen LogP) is 4.16. The van der Waals surface area contributed by atoms with E-state index in [4.69, 9.17) is 9.47 Å². The number of carbonyl (C=O) groups excluding carboxylic acids is 2. The second-order valence-corrected chi connectivity index (χ2v) is 7.50. The molecule has 1 unspecified atom stereocenters. The summed E-state index contributed by atoms with van der Waals surface area (Å²) in [6, 6.07) is 8.45. The first-order chi connectivity index (χ1) is 12.8. The van der Waals surface area contributed by atoms with Gasteiger partial charge >= 0.3 is 12.1 Å². The monoisotopic (exact) mass is 381 g/mol. The highest BCUT2D eigenvalue weighted by Crippen LogP contribution is 2.50. The summed E-state index contributed by atoms with van der Waals surface area (Å²) in [5.41, 5.74) is 0.370. The molecule has 1 amide bonds. The number of halogens is 2. The predicted molar refractivity (Wildman–Crippen MR) is 94.2 cm³/mol. The quantitative estimate of drug-likeness (QED) is 0.735. The Morgan fingerprint density at radius 3 is 2.41 bits per heavy atom. The number of alkyl halides is 2. The van der Waals surface area contributed by atoms with Crippen molar-refractivity contribution in [1.29, 1.82) is 0 Å². The number of likely N-dealkylation sites (tertiary alicyclic amines) is 1. The molecule has 0 radical (unpaired) electrons. The second kappa shape index (κ2) is 7.82. The van der Waals surface area contributed by atoms with Crippen LogP contribution < -0.4 is 0 Å². The van der Waals surface area contributed by atoms with E-state index >= 15 is 0 Å². The van der Waals surface area contributed by atoms with Gasteiger partial charge in [-0.15, -0.1) is 0 Å². The summed E-state index contributed by atoms with van der Waals surface area (Å²) in [6.07, 6.45) is -0.101. The van der Waals surface area contributed by atoms with E-state index in [-0.39, 0.29) is 32.6 Å². The maximum atomic E-state index is 13.6. The lowest BCUT2D eigenvalue weighted by Crippen LogP contribution is -2.42. The van der Waals surface area contributed by atoms with Gasteiger partial charge in [0.05, 0.1) is 6.61 Å². The van der Waals surface area contributed by atoms with Crippen molar-refractivity contribution in [3.63, 3.8) is 0 Å². The molecule has 27 heavy (non-hydrogen) atoms. The first-order valence-electron chi connectivity index (χ1n) is 9.36. The summed E-state index contributed by atoms with van der Waals surface area (Å²) in [5, 5.41) is 0. The van der Waals surface area contributed by atoms with Gasteiger partial charge in [-0.1, -0.05) is 30.3 Å². The van der Waals surface area contributed by atoms with E-state index in [2.05, 4.69) is 0 Å². The zero-order valence-corrected chi connectivity index (χ0v) is 15.5. The number of amides is 1. The molecule has 1 spiro atoms. The number of esters is 1. The van der Waals surface area contributed by atoms with Gasteiger partial charge in [0, 0.05) is 19.4 Å². The lowest BCUT2D eigenvalue weighted by atomic mass is 9.71. The van der Waals surface area contributed by atoms with Crippen LogP contribution in [0.15, 0.2) is 30.3 Å². The number of carbonyl (C=O) groups is 2. The van der Waals surface area contributed by atoms with E-state index < -0.39 is 29.4 Å². The molecule has 0 aromatic heterocycles. The fourth-order valence-electron chi connectivity index (χ4n) is 4.01. The second-order valence-electron chi connectivity index (χ2n) is 7.50. The highest BCUT2D eigenvalue weighted by atomic mass is 19.3. The van der Waals surface area contributed by atoms with Gasteiger partial charge in [0.2, 0.25) is 5.92 Å². The van der Waals surface area contributed by atoms with Gasteiger partial charge in [-0.25, -0.2) is 18.4 Å². The summed E-state index contributed by atoms with van der Waals surface area (Å²) in [5.74, 6) is -3.16. The van der Waals surface area contributed by atoms with Crippen molar-refractivity contribution in [3.8, 4) is 0 Å². The number of nitrogens with zero attached hydrogens (tertiary/aromatic N) is 1. The molecule has 1 aromatic carbocycles. The zero-order chi connectivity index (χ0) is 19.5. The van der Waals surface area contributed by atoms with Crippen molar-refractivity contribution < 1.29 is 27.8 Å². The van der Waals surface area contributed by atoms with Crippen LogP contribution in [-0.4, -0.2) is 42.1 Å². The minimum atomic E-state index is -2.66. The normalized spacial score (nSPS) is 23.2. The zero-order valence-electron chi connectivity index (χ0n) is 15.5. The molecule has 148 valence electrons. The van der Waals surface area contributed by atoms with Crippen LogP contribution in [0, 0.1) is 5.41 Å². The summed E-state index contributed by atoms with van der Waals surface area (Å²) in [6.45, 7) is 2.24. The van der Waals surface area contributed by atoms with Crippen LogP contribution in [0.25, 0.3) is 0 Å². The number of rotatable bonds is 4. The highest BCUT2D eigenvalue weighted by molar-refractivity contribution is 5.82. The lowest BCUT2D eigenvalue weighted by Gasteiger charge is -2.36. The van der Waals surface area contributed by atoms with Crippen LogP contribution in [0.4, 0.5) is 13.6 Å². The molecule has 1 saturated carbocycles. The molecule has 2 aliphatic rings. The molecule has 1 atom stereocenters. The number of benzene rings is 1. The Labute approximate surface area is 157 Å². The van der Waals surface area contributed by atoms with Crippen LogP contribution in [0.3, 0.4) is 0 Å². The Kier molecular flexibility index (Phi) is 5.67. The highest BCUT2D eigenvalue weighted by Gasteiger charge is 2.53. The summed E-state index contributed by atoms with van der Waals surface area (Å²) < 4.78 is 37.7. The molecular weight excluding hydrogens is 356 g/mol. The van der Waals surface area contributed by atoms with Gasteiger partial charge in [-0.05, 0) is 37.2 Å². The first kappa shape index (κ1) is 19.6. The molecule has 0 bridgehead atoms. The number of ether oxygens (including phenoxy) is 2. The summed E-state index contributed by atoms with van der Waals surface area (Å²) in [7, 11) is 0. The van der Waals surface area contributed by atoms with Gasteiger partial charge in [0.25, 0.3) is 0 Å². The Hall–Kier alpha value is -2.18. The van der Waals surface area contributed by atoms with E-state index in [0.29, 0.717) is 19.3 Å². The van der Waals surface area contributed by atoms with Crippen LogP contribution in [0.1, 0.15) is 44.6 Å². The third-order valence-corrected chi connectivity index (χ3v) is 5.55. The van der Waals surface area contributed by atoms with Crippen molar-refractivity contribution in [2.45, 2.75) is 57.6 Å². The van der Waals surface area contributed by atoms with E-state index in [1.54, 1.807) is 6.92 Å². The average Bonchev–Trinajstić information content (AvgIpc) is 3.04. The van der Waals surface area contributed by atoms with Crippen LogP contribution in [-0.2, 0) is 20.9 Å². The molecule has 1 saturated heterocycles. The molecule has 1 aromatic rings. The van der Waals surface area contributed by atoms with Crippen LogP contribution in [0.2, 0.25) is 0 Å². The SMILES string of the molecule is CCOC(=O)C1CC2(CCC(F)(F)CC2)CN1C(=O)OCc1ccccc1. The van der Waals surface area contributed by atoms with Crippen molar-refractivity contribution in [2.24, 2.45) is 5.41 Å². The first-order valence-corrected chi connectivity index (χ1v) is 9.36. The molecule has 3 rings (SSSR count).